The molecule has 3 N–H and O–H groups in total. The van der Waals surface area contributed by atoms with Crippen LogP contribution in [0, 0.1) is 0 Å². The third-order valence-electron chi connectivity index (χ3n) is 3.26. The molecule has 0 aliphatic rings. The van der Waals surface area contributed by atoms with E-state index in [2.05, 4.69) is 31.2 Å². The first-order valence-corrected chi connectivity index (χ1v) is 9.31. The van der Waals surface area contributed by atoms with Gasteiger partial charge in [-0.1, -0.05) is 27.5 Å². The molecule has 0 saturated carbocycles. The van der Waals surface area contributed by atoms with Crippen LogP contribution >= 0.6 is 27.5 Å². The summed E-state index contributed by atoms with van der Waals surface area (Å²) in [7, 11) is -3.54. The van der Waals surface area contributed by atoms with Crippen LogP contribution in [0.5, 0.6) is 0 Å². The number of sulfone groups is 1. The van der Waals surface area contributed by atoms with Gasteiger partial charge in [-0.25, -0.2) is 13.4 Å². The van der Waals surface area contributed by atoms with E-state index in [0.29, 0.717) is 5.82 Å². The second-order valence-corrected chi connectivity index (χ2v) is 9.39. The average molecular weight is 420 g/mol. The number of halogens is 2. The van der Waals surface area contributed by atoms with Crippen molar-refractivity contribution in [2.75, 3.05) is 17.6 Å². The van der Waals surface area contributed by atoms with Crippen molar-refractivity contribution in [3.8, 4) is 0 Å². The Labute approximate surface area is 148 Å². The minimum atomic E-state index is -3.54. The predicted octanol–water partition coefficient (Wildman–Crippen LogP) is 3.14. The Balaban J connectivity index is 2.21. The Morgan fingerprint density at radius 1 is 1.26 bits per heavy atom. The lowest BCUT2D eigenvalue weighted by atomic mass is 10.2. The fraction of sp³-hybridized carbons (Fsp3) is 0.286. The molecule has 1 aromatic carbocycles. The number of aromatic nitrogens is 2. The van der Waals surface area contributed by atoms with Gasteiger partial charge in [0, 0.05) is 17.1 Å². The average Bonchev–Trinajstić information content (AvgIpc) is 2.44. The Morgan fingerprint density at radius 3 is 2.43 bits per heavy atom. The minimum Gasteiger partial charge on any atom is -0.368 e. The highest BCUT2D eigenvalue weighted by molar-refractivity contribution is 9.10. The van der Waals surface area contributed by atoms with Crippen LogP contribution in [0.2, 0.25) is 5.15 Å². The lowest BCUT2D eigenvalue weighted by Gasteiger charge is -2.25. The van der Waals surface area contributed by atoms with Crippen molar-refractivity contribution in [1.82, 2.24) is 9.97 Å². The molecule has 0 aliphatic carbocycles. The van der Waals surface area contributed by atoms with Crippen molar-refractivity contribution >= 4 is 49.1 Å². The van der Waals surface area contributed by atoms with Gasteiger partial charge in [-0.05, 0) is 38.1 Å². The summed E-state index contributed by atoms with van der Waals surface area (Å²) >= 11 is 9.10. The van der Waals surface area contributed by atoms with Gasteiger partial charge in [0.15, 0.2) is 9.84 Å². The number of hydrogen-bond acceptors (Lipinski definition) is 6. The molecule has 0 spiro atoms. The van der Waals surface area contributed by atoms with Crippen molar-refractivity contribution in [3.63, 3.8) is 0 Å². The van der Waals surface area contributed by atoms with Gasteiger partial charge in [0.25, 0.3) is 0 Å². The SMILES string of the molecule is CC(C)(CNc1cc(Cl)nc(N)n1)S(=O)(=O)c1ccc(Br)cc1. The highest BCUT2D eigenvalue weighted by atomic mass is 79.9. The Morgan fingerprint density at radius 2 is 1.87 bits per heavy atom. The lowest BCUT2D eigenvalue weighted by molar-refractivity contribution is 0.553. The first kappa shape index (κ1) is 18.0. The van der Waals surface area contributed by atoms with E-state index in [1.54, 1.807) is 38.1 Å². The fourth-order valence-corrected chi connectivity index (χ4v) is 3.71. The first-order chi connectivity index (χ1) is 10.6. The minimum absolute atomic E-state index is 0.0218. The van der Waals surface area contributed by atoms with E-state index in [0.717, 1.165) is 4.47 Å². The molecule has 0 atom stereocenters. The second kappa shape index (κ2) is 6.62. The maximum atomic E-state index is 12.8. The number of rotatable bonds is 5. The van der Waals surface area contributed by atoms with E-state index in [-0.39, 0.29) is 22.5 Å². The Kier molecular flexibility index (Phi) is 5.17. The molecule has 23 heavy (non-hydrogen) atoms. The molecule has 1 aromatic heterocycles. The lowest BCUT2D eigenvalue weighted by Crippen LogP contribution is -2.39. The van der Waals surface area contributed by atoms with Crippen LogP contribution < -0.4 is 11.1 Å². The number of nitrogens with one attached hydrogen (secondary N) is 1. The summed E-state index contributed by atoms with van der Waals surface area (Å²) in [5.41, 5.74) is 5.52. The van der Waals surface area contributed by atoms with E-state index in [1.165, 1.54) is 6.07 Å². The zero-order chi connectivity index (χ0) is 17.3. The molecule has 1 heterocycles. The highest BCUT2D eigenvalue weighted by Crippen LogP contribution is 2.27. The summed E-state index contributed by atoms with van der Waals surface area (Å²) in [6, 6.07) is 8.02. The summed E-state index contributed by atoms with van der Waals surface area (Å²) in [6.07, 6.45) is 0. The fourth-order valence-electron chi connectivity index (χ4n) is 1.86. The normalized spacial score (nSPS) is 12.2. The largest absolute Gasteiger partial charge is 0.368 e. The van der Waals surface area contributed by atoms with Crippen molar-refractivity contribution in [2.24, 2.45) is 0 Å². The highest BCUT2D eigenvalue weighted by Gasteiger charge is 2.35. The zero-order valence-corrected chi connectivity index (χ0v) is 15.7. The van der Waals surface area contributed by atoms with Crippen LogP contribution in [0.15, 0.2) is 39.7 Å². The van der Waals surface area contributed by atoms with Crippen molar-refractivity contribution in [3.05, 3.63) is 40.0 Å². The van der Waals surface area contributed by atoms with Crippen LogP contribution in [-0.2, 0) is 9.84 Å². The number of anilines is 2. The monoisotopic (exact) mass is 418 g/mol. The van der Waals surface area contributed by atoms with Gasteiger partial charge in [0.1, 0.15) is 11.0 Å². The number of nitrogens with zero attached hydrogens (tertiary/aromatic N) is 2. The van der Waals surface area contributed by atoms with Gasteiger partial charge in [-0.15, -0.1) is 0 Å². The number of nitrogen functional groups attached to an aromatic ring is 1. The molecule has 0 amide bonds. The first-order valence-electron chi connectivity index (χ1n) is 6.66. The molecule has 0 unspecified atom stereocenters. The molecule has 2 aromatic rings. The quantitative estimate of drug-likeness (QED) is 0.723. The molecular weight excluding hydrogens is 404 g/mol. The molecule has 0 fully saturated rings. The topological polar surface area (TPSA) is 98.0 Å². The van der Waals surface area contributed by atoms with Crippen molar-refractivity contribution in [2.45, 2.75) is 23.5 Å². The number of nitrogens with two attached hydrogens (primary N) is 1. The van der Waals surface area contributed by atoms with Crippen LogP contribution in [0.3, 0.4) is 0 Å². The second-order valence-electron chi connectivity index (χ2n) is 5.50. The molecule has 0 bridgehead atoms. The molecule has 2 rings (SSSR count). The third kappa shape index (κ3) is 4.13. The van der Waals surface area contributed by atoms with E-state index in [9.17, 15) is 8.42 Å². The maximum absolute atomic E-state index is 12.8. The zero-order valence-electron chi connectivity index (χ0n) is 12.5. The van der Waals surface area contributed by atoms with Gasteiger partial charge < -0.3 is 11.1 Å². The van der Waals surface area contributed by atoms with E-state index in [4.69, 9.17) is 17.3 Å². The van der Waals surface area contributed by atoms with Crippen LogP contribution in [0.1, 0.15) is 13.8 Å². The summed E-state index contributed by atoms with van der Waals surface area (Å²) < 4.78 is 25.3. The molecule has 0 saturated heterocycles. The molecular formula is C14H16BrClN4O2S. The summed E-state index contributed by atoms with van der Waals surface area (Å²) in [5.74, 6) is 0.398. The van der Waals surface area contributed by atoms with Crippen LogP contribution in [-0.4, -0.2) is 29.7 Å². The van der Waals surface area contributed by atoms with Gasteiger partial charge in [0.2, 0.25) is 5.95 Å². The van der Waals surface area contributed by atoms with Crippen molar-refractivity contribution in [1.29, 1.82) is 0 Å². The van der Waals surface area contributed by atoms with Gasteiger partial charge in [0.05, 0.1) is 9.64 Å². The molecule has 6 nitrogen and oxygen atoms in total. The summed E-state index contributed by atoms with van der Waals surface area (Å²) in [5, 5.41) is 3.14. The number of benzene rings is 1. The molecule has 0 radical (unpaired) electrons. The molecule has 124 valence electrons. The maximum Gasteiger partial charge on any atom is 0.223 e. The van der Waals surface area contributed by atoms with Gasteiger partial charge in [-0.2, -0.15) is 4.98 Å². The van der Waals surface area contributed by atoms with Crippen LogP contribution in [0.25, 0.3) is 0 Å². The van der Waals surface area contributed by atoms with Crippen LogP contribution in [0.4, 0.5) is 11.8 Å². The molecule has 9 heteroatoms. The molecule has 0 aliphatic heterocycles. The standard InChI is InChI=1S/C14H16BrClN4O2S/c1-14(2,8-18-12-7-11(16)19-13(17)20-12)23(21,22)10-5-3-9(15)4-6-10/h3-7H,8H2,1-2H3,(H3,17,18,19,20). The van der Waals surface area contributed by atoms with Crippen molar-refractivity contribution < 1.29 is 8.42 Å². The summed E-state index contributed by atoms with van der Waals surface area (Å²) in [4.78, 5) is 7.98. The Hall–Kier alpha value is -1.38. The smallest absolute Gasteiger partial charge is 0.223 e. The van der Waals surface area contributed by atoms with E-state index < -0.39 is 14.6 Å². The summed E-state index contributed by atoms with van der Waals surface area (Å²) in [6.45, 7) is 3.42. The van der Waals surface area contributed by atoms with Gasteiger partial charge in [-0.3, -0.25) is 0 Å². The van der Waals surface area contributed by atoms with E-state index in [1.807, 2.05) is 0 Å². The van der Waals surface area contributed by atoms with Gasteiger partial charge >= 0.3 is 0 Å². The predicted molar refractivity (Wildman–Crippen MR) is 95.4 cm³/mol. The van der Waals surface area contributed by atoms with E-state index >= 15 is 0 Å². The number of hydrogen-bond donors (Lipinski definition) is 2. The Bertz CT molecular complexity index is 790. The third-order valence-corrected chi connectivity index (χ3v) is 6.47.